The molecule has 0 fully saturated rings. The Kier molecular flexibility index (Phi) is 5.44. The van der Waals surface area contributed by atoms with E-state index in [4.69, 9.17) is 0 Å². The van der Waals surface area contributed by atoms with E-state index in [0.29, 0.717) is 6.04 Å². The van der Waals surface area contributed by atoms with Crippen molar-refractivity contribution < 1.29 is 0 Å². The lowest BCUT2D eigenvalue weighted by Crippen LogP contribution is -2.40. The van der Waals surface area contributed by atoms with Gasteiger partial charge in [-0.2, -0.15) is 0 Å². The highest BCUT2D eigenvalue weighted by molar-refractivity contribution is 5.51. The molecule has 0 spiro atoms. The Morgan fingerprint density at radius 1 is 1.15 bits per heavy atom. The molecule has 0 saturated carbocycles. The number of nitrogens with zero attached hydrogens (tertiary/aromatic N) is 2. The molecule has 1 N–H and O–H groups in total. The smallest absolute Gasteiger partial charge is 0.0476 e. The summed E-state index contributed by atoms with van der Waals surface area (Å²) in [5.41, 5.74) is 4.28. The van der Waals surface area contributed by atoms with Gasteiger partial charge in [-0.05, 0) is 49.2 Å². The molecule has 0 unspecified atom stereocenters. The van der Waals surface area contributed by atoms with Crippen molar-refractivity contribution >= 4 is 5.69 Å². The summed E-state index contributed by atoms with van der Waals surface area (Å²) in [7, 11) is 4.21. The molecule has 1 aromatic rings. The third-order valence-corrected chi connectivity index (χ3v) is 4.12. The van der Waals surface area contributed by atoms with E-state index < -0.39 is 0 Å². The Morgan fingerprint density at radius 3 is 2.45 bits per heavy atom. The van der Waals surface area contributed by atoms with E-state index in [0.717, 1.165) is 13.1 Å². The van der Waals surface area contributed by atoms with Gasteiger partial charge in [-0.15, -0.1) is 0 Å². The van der Waals surface area contributed by atoms with E-state index in [1.165, 1.54) is 42.7 Å². The zero-order valence-electron chi connectivity index (χ0n) is 13.4. The van der Waals surface area contributed by atoms with E-state index in [-0.39, 0.29) is 0 Å². The quantitative estimate of drug-likeness (QED) is 0.861. The Balaban J connectivity index is 2.26. The molecule has 1 aliphatic heterocycles. The molecule has 0 radical (unpaired) electrons. The predicted octanol–water partition coefficient (Wildman–Crippen LogP) is 3.02. The lowest BCUT2D eigenvalue weighted by atomic mass is 9.94. The third kappa shape index (κ3) is 3.33. The highest BCUT2D eigenvalue weighted by Gasteiger charge is 2.25. The van der Waals surface area contributed by atoms with Crippen LogP contribution in [0.25, 0.3) is 0 Å². The van der Waals surface area contributed by atoms with Gasteiger partial charge in [0.2, 0.25) is 0 Å². The molecule has 1 aromatic carbocycles. The molecule has 2 rings (SSSR count). The molecule has 1 aliphatic rings. The number of rotatable bonds is 6. The SMILES string of the molecule is CCCN(CCC)[C@@H]1CNCc2cc(N(C)C)ccc21. The number of anilines is 1. The van der Waals surface area contributed by atoms with Crippen LogP contribution in [0.5, 0.6) is 0 Å². The lowest BCUT2D eigenvalue weighted by molar-refractivity contribution is 0.185. The summed E-state index contributed by atoms with van der Waals surface area (Å²) < 4.78 is 0. The minimum Gasteiger partial charge on any atom is -0.378 e. The van der Waals surface area contributed by atoms with Crippen LogP contribution in [0.15, 0.2) is 18.2 Å². The maximum absolute atomic E-state index is 3.59. The maximum atomic E-state index is 3.59. The fourth-order valence-electron chi connectivity index (χ4n) is 3.13. The monoisotopic (exact) mass is 275 g/mol. The van der Waals surface area contributed by atoms with Crippen molar-refractivity contribution in [3.63, 3.8) is 0 Å². The minimum absolute atomic E-state index is 0.537. The lowest BCUT2D eigenvalue weighted by Gasteiger charge is -2.36. The zero-order valence-corrected chi connectivity index (χ0v) is 13.4. The standard InChI is InChI=1S/C17H29N3/c1-5-9-20(10-6-2)17-13-18-12-14-11-15(19(3)4)7-8-16(14)17/h7-8,11,17-18H,5-6,9-10,12-13H2,1-4H3/t17-/m1/s1. The predicted molar refractivity (Wildman–Crippen MR) is 87.4 cm³/mol. The van der Waals surface area contributed by atoms with Gasteiger partial charge in [-0.25, -0.2) is 0 Å². The van der Waals surface area contributed by atoms with Crippen molar-refractivity contribution in [3.8, 4) is 0 Å². The van der Waals surface area contributed by atoms with Crippen molar-refractivity contribution in [1.82, 2.24) is 10.2 Å². The van der Waals surface area contributed by atoms with Gasteiger partial charge in [0, 0.05) is 38.9 Å². The number of hydrogen-bond acceptors (Lipinski definition) is 3. The van der Waals surface area contributed by atoms with E-state index in [9.17, 15) is 0 Å². The van der Waals surface area contributed by atoms with E-state index >= 15 is 0 Å². The normalized spacial score (nSPS) is 18.1. The molecule has 112 valence electrons. The van der Waals surface area contributed by atoms with Gasteiger partial charge < -0.3 is 10.2 Å². The van der Waals surface area contributed by atoms with Crippen LogP contribution in [0.2, 0.25) is 0 Å². The minimum atomic E-state index is 0.537. The van der Waals surface area contributed by atoms with Gasteiger partial charge in [-0.1, -0.05) is 19.9 Å². The summed E-state index contributed by atoms with van der Waals surface area (Å²) in [6.45, 7) is 9.00. The molecule has 1 heterocycles. The van der Waals surface area contributed by atoms with Gasteiger partial charge in [-0.3, -0.25) is 4.90 Å². The summed E-state index contributed by atoms with van der Waals surface area (Å²) in [6.07, 6.45) is 2.45. The van der Waals surface area contributed by atoms with E-state index in [2.05, 4.69) is 61.3 Å². The first-order valence-electron chi connectivity index (χ1n) is 7.92. The van der Waals surface area contributed by atoms with Gasteiger partial charge in [0.1, 0.15) is 0 Å². The Morgan fingerprint density at radius 2 is 1.85 bits per heavy atom. The third-order valence-electron chi connectivity index (χ3n) is 4.12. The van der Waals surface area contributed by atoms with Crippen LogP contribution >= 0.6 is 0 Å². The summed E-state index contributed by atoms with van der Waals surface area (Å²) in [5, 5.41) is 3.59. The molecular weight excluding hydrogens is 246 g/mol. The van der Waals surface area contributed by atoms with E-state index in [1.54, 1.807) is 0 Å². The van der Waals surface area contributed by atoms with Crippen LogP contribution in [0.3, 0.4) is 0 Å². The fraction of sp³-hybridized carbons (Fsp3) is 0.647. The molecule has 3 heteroatoms. The van der Waals surface area contributed by atoms with Crippen molar-refractivity contribution in [1.29, 1.82) is 0 Å². The second-order valence-electron chi connectivity index (χ2n) is 5.96. The highest BCUT2D eigenvalue weighted by atomic mass is 15.2. The van der Waals surface area contributed by atoms with Gasteiger partial charge in [0.15, 0.2) is 0 Å². The highest BCUT2D eigenvalue weighted by Crippen LogP contribution is 2.30. The molecule has 0 amide bonds. The molecule has 3 nitrogen and oxygen atoms in total. The molecule has 1 atom stereocenters. The van der Waals surface area contributed by atoms with Crippen LogP contribution in [0.1, 0.15) is 43.9 Å². The van der Waals surface area contributed by atoms with Crippen LogP contribution < -0.4 is 10.2 Å². The molecule has 0 bridgehead atoms. The summed E-state index contributed by atoms with van der Waals surface area (Å²) in [5.74, 6) is 0. The van der Waals surface area contributed by atoms with Gasteiger partial charge >= 0.3 is 0 Å². The Bertz CT molecular complexity index is 422. The van der Waals surface area contributed by atoms with Crippen molar-refractivity contribution in [2.75, 3.05) is 38.6 Å². The zero-order chi connectivity index (χ0) is 14.5. The van der Waals surface area contributed by atoms with Gasteiger partial charge in [0.05, 0.1) is 0 Å². The molecule has 0 saturated heterocycles. The van der Waals surface area contributed by atoms with Crippen LogP contribution in [-0.4, -0.2) is 38.6 Å². The summed E-state index contributed by atoms with van der Waals surface area (Å²) >= 11 is 0. The summed E-state index contributed by atoms with van der Waals surface area (Å²) in [6, 6.07) is 7.47. The number of fused-ring (bicyclic) bond motifs is 1. The first-order valence-corrected chi connectivity index (χ1v) is 7.92. The van der Waals surface area contributed by atoms with Crippen molar-refractivity contribution in [3.05, 3.63) is 29.3 Å². The number of benzene rings is 1. The van der Waals surface area contributed by atoms with Crippen LogP contribution in [-0.2, 0) is 6.54 Å². The molecule has 20 heavy (non-hydrogen) atoms. The largest absolute Gasteiger partial charge is 0.378 e. The number of hydrogen-bond donors (Lipinski definition) is 1. The topological polar surface area (TPSA) is 18.5 Å². The Hall–Kier alpha value is -1.06. The van der Waals surface area contributed by atoms with Crippen LogP contribution in [0, 0.1) is 0 Å². The van der Waals surface area contributed by atoms with Crippen LogP contribution in [0.4, 0.5) is 5.69 Å². The average Bonchev–Trinajstić information content (AvgIpc) is 2.45. The first kappa shape index (κ1) is 15.3. The van der Waals surface area contributed by atoms with Crippen molar-refractivity contribution in [2.45, 2.75) is 39.3 Å². The fourth-order valence-corrected chi connectivity index (χ4v) is 3.13. The molecular formula is C17H29N3. The van der Waals surface area contributed by atoms with Crippen molar-refractivity contribution in [2.24, 2.45) is 0 Å². The average molecular weight is 275 g/mol. The summed E-state index contributed by atoms with van der Waals surface area (Å²) in [4.78, 5) is 4.82. The molecule has 0 aromatic heterocycles. The Labute approximate surface area is 124 Å². The van der Waals surface area contributed by atoms with E-state index in [1.807, 2.05) is 0 Å². The number of nitrogens with one attached hydrogen (secondary N) is 1. The second kappa shape index (κ2) is 7.09. The first-order chi connectivity index (χ1) is 9.67. The maximum Gasteiger partial charge on any atom is 0.0476 e. The second-order valence-corrected chi connectivity index (χ2v) is 5.96. The van der Waals surface area contributed by atoms with Gasteiger partial charge in [0.25, 0.3) is 0 Å². The molecule has 0 aliphatic carbocycles.